The number of nitrogens with zero attached hydrogens (tertiary/aromatic N) is 10. The van der Waals surface area contributed by atoms with Crippen LogP contribution in [0, 0.1) is 37.5 Å². The minimum atomic E-state index is -4.08. The lowest BCUT2D eigenvalue weighted by molar-refractivity contribution is -0.142. The average molecular weight is 1060 g/mol. The number of hydrogen-bond donors (Lipinski definition) is 4. The van der Waals surface area contributed by atoms with E-state index in [0.717, 1.165) is 11.1 Å². The van der Waals surface area contributed by atoms with Crippen molar-refractivity contribution < 1.29 is 45.5 Å². The molecule has 0 aliphatic carbocycles. The number of benzene rings is 2. The van der Waals surface area contributed by atoms with Gasteiger partial charge in [-0.25, -0.2) is 26.2 Å². The number of amides is 4. The molecule has 4 N–H and O–H groups in total. The molecule has 4 heterocycles. The Balaban J connectivity index is 1.07. The highest BCUT2D eigenvalue weighted by atomic mass is 32.2. The van der Waals surface area contributed by atoms with Crippen molar-refractivity contribution in [2.24, 2.45) is 0 Å². The van der Waals surface area contributed by atoms with Crippen LogP contribution in [-0.4, -0.2) is 180 Å². The van der Waals surface area contributed by atoms with Crippen molar-refractivity contribution in [2.75, 3.05) is 40.4 Å². The van der Waals surface area contributed by atoms with Crippen LogP contribution in [0.5, 0.6) is 0 Å². The fourth-order valence-corrected chi connectivity index (χ4v) is 10.8. The number of carbonyl (C=O) groups excluding carboxylic acids is 4. The van der Waals surface area contributed by atoms with Crippen molar-refractivity contribution >= 4 is 43.3 Å². The number of tetrazole rings is 2. The molecule has 398 valence electrons. The molecule has 2 fully saturated rings. The number of carbonyl (C=O) groups is 4. The van der Waals surface area contributed by atoms with E-state index in [9.17, 15) is 36.0 Å². The molecule has 4 amide bonds. The highest BCUT2D eigenvalue weighted by molar-refractivity contribution is 7.91. The molecule has 0 bridgehead atoms. The molecular formula is C48H64N14O10S2. The van der Waals surface area contributed by atoms with Gasteiger partial charge in [-0.1, -0.05) is 57.4 Å². The molecule has 0 spiro atoms. The lowest BCUT2D eigenvalue weighted by atomic mass is 10.1. The molecule has 0 radical (unpaired) electrons. The Labute approximate surface area is 431 Å². The van der Waals surface area contributed by atoms with E-state index in [0.29, 0.717) is 38.8 Å². The van der Waals surface area contributed by atoms with Crippen LogP contribution in [0.3, 0.4) is 0 Å². The van der Waals surface area contributed by atoms with Crippen LogP contribution >= 0.6 is 0 Å². The highest BCUT2D eigenvalue weighted by Gasteiger charge is 2.41. The molecule has 2 aliphatic heterocycles. The molecule has 2 aliphatic rings. The first-order valence-corrected chi connectivity index (χ1v) is 27.2. The number of aryl methyl sites for hydroxylation is 2. The van der Waals surface area contributed by atoms with E-state index in [-0.39, 0.29) is 46.4 Å². The van der Waals surface area contributed by atoms with Gasteiger partial charge in [-0.05, 0) is 138 Å². The smallest absolute Gasteiger partial charge is 0.272 e. The predicted molar refractivity (Wildman–Crippen MR) is 266 cm³/mol. The number of hydrogen-bond acceptors (Lipinski definition) is 18. The maximum absolute atomic E-state index is 14.3. The number of likely N-dealkylation sites (tertiary alicyclic amines) is 2. The van der Waals surface area contributed by atoms with Crippen molar-refractivity contribution in [3.05, 3.63) is 59.7 Å². The van der Waals surface area contributed by atoms with Crippen LogP contribution in [-0.2, 0) is 61.4 Å². The number of sulfone groups is 2. The summed E-state index contributed by atoms with van der Waals surface area (Å²) in [7, 11) is -4.93. The summed E-state index contributed by atoms with van der Waals surface area (Å²) in [5, 5.41) is 33.5. The second-order valence-corrected chi connectivity index (χ2v) is 21.9. The number of likely N-dealkylation sites (N-methyl/N-ethyl adjacent to an activating group) is 2. The van der Waals surface area contributed by atoms with Gasteiger partial charge in [-0.3, -0.25) is 19.2 Å². The Morgan fingerprint density at radius 3 is 1.34 bits per heavy atom. The van der Waals surface area contributed by atoms with E-state index in [2.05, 4.69) is 76.0 Å². The van der Waals surface area contributed by atoms with Gasteiger partial charge in [-0.2, -0.15) is 0 Å². The standard InChI is InChI=1S/C48H64N14O10S2/c1-31-17-21-39(22-18-31)73(67,68)47-53-55-57-61(47)29-37-15-13-25-59(37)45(65)41(51-43(63)33(3)49-7)35(5)71-27-11-9-10-12-28-72-36(6)42(52-44(64)34(4)50-8)46(66)60-26-14-16-38(60)30-62-48(54-56-58-62)74(69,70)40-23-19-32(2)20-24-40/h17-24,33-38,41-42,49-50H,13-16,25-30H2,1-8H3,(H,51,63)(H,52,64)/t33-,34-,35+,36+,37-,38-,41-,42-/m0/s1. The second-order valence-electron chi connectivity index (χ2n) is 18.2. The number of rotatable bonds is 22. The highest BCUT2D eigenvalue weighted by Crippen LogP contribution is 2.26. The predicted octanol–water partition coefficient (Wildman–Crippen LogP) is -0.373. The van der Waals surface area contributed by atoms with Crippen molar-refractivity contribution in [3.8, 4) is 23.7 Å². The quantitative estimate of drug-likeness (QED) is 0.0730. The van der Waals surface area contributed by atoms with Crippen molar-refractivity contribution in [1.29, 1.82) is 0 Å². The molecule has 0 saturated carbocycles. The zero-order valence-electron chi connectivity index (χ0n) is 42.7. The van der Waals surface area contributed by atoms with Crippen molar-refractivity contribution in [3.63, 3.8) is 0 Å². The summed E-state index contributed by atoms with van der Waals surface area (Å²) in [5.41, 5.74) is 1.77. The third kappa shape index (κ3) is 13.7. The fourth-order valence-electron chi connectivity index (χ4n) is 8.32. The van der Waals surface area contributed by atoms with Crippen LogP contribution < -0.4 is 21.3 Å². The summed E-state index contributed by atoms with van der Waals surface area (Å²) in [6, 6.07) is 8.07. The molecule has 24 nitrogen and oxygen atoms in total. The van der Waals surface area contributed by atoms with Crippen LogP contribution in [0.25, 0.3) is 0 Å². The topological polar surface area (TPSA) is 297 Å². The van der Waals surface area contributed by atoms with Crippen LogP contribution in [0.4, 0.5) is 0 Å². The van der Waals surface area contributed by atoms with E-state index in [4.69, 9.17) is 9.47 Å². The number of nitrogens with one attached hydrogen (secondary N) is 4. The fraction of sp³-hybridized carbons (Fsp3) is 0.542. The Morgan fingerprint density at radius 1 is 0.622 bits per heavy atom. The average Bonchev–Trinajstić information content (AvgIpc) is 4.24. The molecule has 4 aromatic rings. The first kappa shape index (κ1) is 56.6. The van der Waals surface area contributed by atoms with Crippen LogP contribution in [0.1, 0.15) is 64.5 Å². The summed E-state index contributed by atoms with van der Waals surface area (Å²) < 4.78 is 68.4. The molecule has 74 heavy (non-hydrogen) atoms. The van der Waals surface area contributed by atoms with Crippen LogP contribution in [0.2, 0.25) is 0 Å². The van der Waals surface area contributed by atoms with Gasteiger partial charge in [-0.15, -0.1) is 0 Å². The summed E-state index contributed by atoms with van der Waals surface area (Å²) in [5.74, 6) is 9.18. The van der Waals surface area contributed by atoms with Gasteiger partial charge in [0.1, 0.15) is 25.3 Å². The first-order chi connectivity index (χ1) is 35.3. The molecular weight excluding hydrogens is 997 g/mol. The second kappa shape index (κ2) is 25.5. The maximum Gasteiger partial charge on any atom is 0.272 e. The van der Waals surface area contributed by atoms with Crippen molar-refractivity contribution in [2.45, 2.75) is 149 Å². The van der Waals surface area contributed by atoms with E-state index < -0.39 is 91.8 Å². The zero-order chi connectivity index (χ0) is 53.7. The Bertz CT molecular complexity index is 2760. The molecule has 2 saturated heterocycles. The van der Waals surface area contributed by atoms with Gasteiger partial charge in [0.25, 0.3) is 10.3 Å². The first-order valence-electron chi connectivity index (χ1n) is 24.2. The van der Waals surface area contributed by atoms with E-state index in [1.807, 2.05) is 13.8 Å². The third-order valence-electron chi connectivity index (χ3n) is 13.0. The summed E-state index contributed by atoms with van der Waals surface area (Å²) in [6.45, 7) is 10.5. The molecule has 2 aromatic heterocycles. The van der Waals surface area contributed by atoms with Gasteiger partial charge in [0, 0.05) is 13.1 Å². The Kier molecular flexibility index (Phi) is 19.5. The largest absolute Gasteiger partial charge is 0.363 e. The molecule has 8 atom stereocenters. The SMILES string of the molecule is CN[C@@H](C)C(=O)N[C@H](C(=O)N1CCC[C@H]1Cn1nnnc1S(=O)(=O)c1ccc(C)cc1)[C@@H](C)OCC#CC#CCO[C@H](C)[C@H](NC(=O)[C@H](C)NC)C(=O)N1CCC[C@H]1Cn1nnnc1S(=O)(=O)c1ccc(C)cc1. The molecule has 26 heteroatoms. The zero-order valence-corrected chi connectivity index (χ0v) is 44.3. The third-order valence-corrected chi connectivity index (χ3v) is 16.4. The minimum absolute atomic E-state index is 0.00998. The maximum atomic E-state index is 14.3. The van der Waals surface area contributed by atoms with Crippen LogP contribution in [0.15, 0.2) is 68.6 Å². The Morgan fingerprint density at radius 2 is 0.986 bits per heavy atom. The van der Waals surface area contributed by atoms with E-state index >= 15 is 0 Å². The lowest BCUT2D eigenvalue weighted by Gasteiger charge is -2.32. The van der Waals surface area contributed by atoms with Gasteiger partial charge in [0.2, 0.25) is 43.3 Å². The monoisotopic (exact) mass is 1060 g/mol. The van der Waals surface area contributed by atoms with Gasteiger partial charge in [0.05, 0.1) is 59.3 Å². The minimum Gasteiger partial charge on any atom is -0.363 e. The molecule has 0 unspecified atom stereocenters. The van der Waals surface area contributed by atoms with Gasteiger partial charge < -0.3 is 40.5 Å². The van der Waals surface area contributed by atoms with Gasteiger partial charge in [0.15, 0.2) is 0 Å². The van der Waals surface area contributed by atoms with E-state index in [1.54, 1.807) is 75.9 Å². The van der Waals surface area contributed by atoms with Gasteiger partial charge >= 0.3 is 0 Å². The summed E-state index contributed by atoms with van der Waals surface area (Å²) >= 11 is 0. The molecule has 6 rings (SSSR count). The summed E-state index contributed by atoms with van der Waals surface area (Å²) in [6.07, 6.45) is 0.537. The Hall–Kier alpha value is -6.68. The van der Waals surface area contributed by atoms with Crippen molar-refractivity contribution in [1.82, 2.24) is 71.5 Å². The lowest BCUT2D eigenvalue weighted by Crippen LogP contribution is -2.58. The van der Waals surface area contributed by atoms with E-state index in [1.165, 1.54) is 33.6 Å². The molecule has 2 aromatic carbocycles. The number of ether oxygens (including phenoxy) is 2. The normalized spacial score (nSPS) is 18.2. The summed E-state index contributed by atoms with van der Waals surface area (Å²) in [4.78, 5) is 58.2. The number of aromatic nitrogens is 8.